The van der Waals surface area contributed by atoms with Crippen molar-refractivity contribution < 1.29 is 19.1 Å². The van der Waals surface area contributed by atoms with Gasteiger partial charge < -0.3 is 14.4 Å². The zero-order chi connectivity index (χ0) is 29.7. The first kappa shape index (κ1) is 29.9. The predicted molar refractivity (Wildman–Crippen MR) is 166 cm³/mol. The minimum atomic E-state index is -0.442. The molecule has 0 amide bonds. The summed E-state index contributed by atoms with van der Waals surface area (Å²) in [4.78, 5) is 30.3. The van der Waals surface area contributed by atoms with Gasteiger partial charge in [0, 0.05) is 58.4 Å². The van der Waals surface area contributed by atoms with Crippen LogP contribution in [0.25, 0.3) is 0 Å². The Bertz CT molecular complexity index is 1420. The molecule has 41 heavy (non-hydrogen) atoms. The number of methoxy groups -OCH3 is 1. The Balaban J connectivity index is 1.66. The standard InChI is InChI=1S/C34H39BrClNO4/c1-7-12-37-24-15-33(2,3)17-26(38)30(24)29(31-25(37)16-34(4,5)18-27(31)39)21-13-22(35)32(28(14-21)40-6)41-19-20-10-8-9-11-23(20)36/h8-11,13-14,29H,7,12,15-19H2,1-6H3. The van der Waals surface area contributed by atoms with E-state index in [0.29, 0.717) is 33.8 Å². The number of nitrogens with zero attached hydrogens (tertiary/aromatic N) is 1. The molecule has 0 spiro atoms. The van der Waals surface area contributed by atoms with Crippen LogP contribution >= 0.6 is 27.5 Å². The van der Waals surface area contributed by atoms with Gasteiger partial charge in [0.05, 0.1) is 11.6 Å². The number of halogens is 2. The van der Waals surface area contributed by atoms with E-state index in [1.165, 1.54) is 0 Å². The van der Waals surface area contributed by atoms with Crippen molar-refractivity contribution in [3.8, 4) is 11.5 Å². The maximum atomic E-state index is 14.0. The largest absolute Gasteiger partial charge is 0.493 e. The number of Topliss-reactive ketones (excluding diaryl/α,β-unsaturated/α-hetero) is 2. The lowest BCUT2D eigenvalue weighted by atomic mass is 9.63. The van der Waals surface area contributed by atoms with E-state index >= 15 is 0 Å². The van der Waals surface area contributed by atoms with Gasteiger partial charge in [-0.1, -0.05) is 64.4 Å². The fourth-order valence-electron chi connectivity index (χ4n) is 6.69. The third-order valence-corrected chi connectivity index (χ3v) is 9.34. The number of ether oxygens (including phenoxy) is 2. The Labute approximate surface area is 257 Å². The summed E-state index contributed by atoms with van der Waals surface area (Å²) in [5.41, 5.74) is 5.13. The summed E-state index contributed by atoms with van der Waals surface area (Å²) >= 11 is 10.1. The first-order valence-electron chi connectivity index (χ1n) is 14.4. The Morgan fingerprint density at radius 3 is 2.07 bits per heavy atom. The van der Waals surface area contributed by atoms with Gasteiger partial charge in [0.1, 0.15) is 6.61 Å². The minimum Gasteiger partial charge on any atom is -0.493 e. The second-order valence-corrected chi connectivity index (χ2v) is 14.4. The lowest BCUT2D eigenvalue weighted by molar-refractivity contribution is -0.119. The Kier molecular flexibility index (Phi) is 8.21. The van der Waals surface area contributed by atoms with E-state index in [1.54, 1.807) is 7.11 Å². The molecular weight excluding hydrogens is 602 g/mol. The molecule has 0 unspecified atom stereocenters. The molecule has 0 N–H and O–H groups in total. The van der Waals surface area contributed by atoms with Crippen molar-refractivity contribution in [3.05, 3.63) is 79.6 Å². The molecule has 0 saturated heterocycles. The van der Waals surface area contributed by atoms with Crippen LogP contribution in [-0.4, -0.2) is 30.1 Å². The fraction of sp³-hybridized carbons (Fsp3) is 0.471. The van der Waals surface area contributed by atoms with Crippen molar-refractivity contribution >= 4 is 39.1 Å². The van der Waals surface area contributed by atoms with Crippen LogP contribution < -0.4 is 9.47 Å². The molecule has 0 radical (unpaired) electrons. The van der Waals surface area contributed by atoms with E-state index in [2.05, 4.69) is 55.4 Å². The van der Waals surface area contributed by atoms with Gasteiger partial charge in [0.15, 0.2) is 23.1 Å². The third kappa shape index (κ3) is 5.75. The molecule has 7 heteroatoms. The number of ketones is 2. The van der Waals surface area contributed by atoms with Gasteiger partial charge in [0.2, 0.25) is 0 Å². The molecule has 3 aliphatic rings. The first-order valence-corrected chi connectivity index (χ1v) is 15.6. The van der Waals surface area contributed by atoms with Gasteiger partial charge in [-0.2, -0.15) is 0 Å². The van der Waals surface area contributed by atoms with Crippen molar-refractivity contribution in [1.82, 2.24) is 4.90 Å². The maximum Gasteiger partial charge on any atom is 0.175 e. The van der Waals surface area contributed by atoms with Gasteiger partial charge in [0.25, 0.3) is 0 Å². The van der Waals surface area contributed by atoms with Crippen LogP contribution in [0.4, 0.5) is 0 Å². The molecule has 218 valence electrons. The molecule has 5 nitrogen and oxygen atoms in total. The van der Waals surface area contributed by atoms with Crippen LogP contribution in [0.5, 0.6) is 11.5 Å². The molecule has 2 aliphatic carbocycles. The highest BCUT2D eigenvalue weighted by atomic mass is 79.9. The predicted octanol–water partition coefficient (Wildman–Crippen LogP) is 8.79. The number of rotatable bonds is 7. The van der Waals surface area contributed by atoms with Gasteiger partial charge in [-0.15, -0.1) is 0 Å². The Hall–Kier alpha value is -2.57. The summed E-state index contributed by atoms with van der Waals surface area (Å²) in [5, 5.41) is 0.634. The highest BCUT2D eigenvalue weighted by Crippen LogP contribution is 2.55. The van der Waals surface area contributed by atoms with Crippen molar-refractivity contribution in [1.29, 1.82) is 0 Å². The Morgan fingerprint density at radius 2 is 1.54 bits per heavy atom. The quantitative estimate of drug-likeness (QED) is 0.303. The molecular formula is C34H39BrClNO4. The van der Waals surface area contributed by atoms with Gasteiger partial charge >= 0.3 is 0 Å². The number of hydrogen-bond acceptors (Lipinski definition) is 5. The molecule has 1 aliphatic heterocycles. The van der Waals surface area contributed by atoms with E-state index in [4.69, 9.17) is 21.1 Å². The van der Waals surface area contributed by atoms with Crippen LogP contribution in [0.15, 0.2) is 63.4 Å². The molecule has 0 saturated carbocycles. The van der Waals surface area contributed by atoms with Crippen LogP contribution in [0, 0.1) is 10.8 Å². The highest BCUT2D eigenvalue weighted by Gasteiger charge is 2.49. The first-order chi connectivity index (χ1) is 19.4. The molecule has 0 bridgehead atoms. The van der Waals surface area contributed by atoms with E-state index in [1.807, 2.05) is 36.4 Å². The number of carbonyl (C=O) groups is 2. The van der Waals surface area contributed by atoms with Gasteiger partial charge in [-0.3, -0.25) is 9.59 Å². The zero-order valence-corrected chi connectivity index (χ0v) is 27.2. The number of carbonyl (C=O) groups excluding carboxylic acids is 2. The summed E-state index contributed by atoms with van der Waals surface area (Å²) in [6, 6.07) is 11.5. The Morgan fingerprint density at radius 1 is 0.951 bits per heavy atom. The highest BCUT2D eigenvalue weighted by molar-refractivity contribution is 9.10. The average Bonchev–Trinajstić information content (AvgIpc) is 2.88. The summed E-state index contributed by atoms with van der Waals surface area (Å²) in [6.45, 7) is 11.9. The maximum absolute atomic E-state index is 14.0. The van der Waals surface area contributed by atoms with E-state index < -0.39 is 5.92 Å². The van der Waals surface area contributed by atoms with Crippen molar-refractivity contribution in [2.24, 2.45) is 10.8 Å². The summed E-state index contributed by atoms with van der Waals surface area (Å²) in [5.74, 6) is 0.897. The molecule has 5 rings (SSSR count). The molecule has 1 heterocycles. The second-order valence-electron chi connectivity index (χ2n) is 13.1. The normalized spacial score (nSPS) is 20.2. The molecule has 2 aromatic carbocycles. The lowest BCUT2D eigenvalue weighted by Gasteiger charge is -2.49. The van der Waals surface area contributed by atoms with E-state index in [0.717, 1.165) is 59.5 Å². The van der Waals surface area contributed by atoms with Crippen molar-refractivity contribution in [3.63, 3.8) is 0 Å². The van der Waals surface area contributed by atoms with Crippen molar-refractivity contribution in [2.45, 2.75) is 79.2 Å². The van der Waals surface area contributed by atoms with E-state index in [9.17, 15) is 9.59 Å². The summed E-state index contributed by atoms with van der Waals surface area (Å²) in [7, 11) is 1.61. The summed E-state index contributed by atoms with van der Waals surface area (Å²) < 4.78 is 12.7. The van der Waals surface area contributed by atoms with Crippen LogP contribution in [0.3, 0.4) is 0 Å². The van der Waals surface area contributed by atoms with Crippen LogP contribution in [0.1, 0.15) is 83.8 Å². The topological polar surface area (TPSA) is 55.8 Å². The van der Waals surface area contributed by atoms with E-state index in [-0.39, 0.29) is 29.0 Å². The van der Waals surface area contributed by atoms with Gasteiger partial charge in [-0.25, -0.2) is 0 Å². The lowest BCUT2D eigenvalue weighted by Crippen LogP contribution is -2.44. The molecule has 0 fully saturated rings. The smallest absolute Gasteiger partial charge is 0.175 e. The van der Waals surface area contributed by atoms with Gasteiger partial charge in [-0.05, 0) is 69.8 Å². The molecule has 0 atom stereocenters. The minimum absolute atomic E-state index is 0.126. The number of benzene rings is 2. The fourth-order valence-corrected chi connectivity index (χ4v) is 7.45. The van der Waals surface area contributed by atoms with Crippen LogP contribution in [-0.2, 0) is 16.2 Å². The number of hydrogen-bond donors (Lipinski definition) is 0. The molecule has 0 aromatic heterocycles. The summed E-state index contributed by atoms with van der Waals surface area (Å²) in [6.07, 6.45) is 3.45. The van der Waals surface area contributed by atoms with Crippen molar-refractivity contribution in [2.75, 3.05) is 13.7 Å². The average molecular weight is 641 g/mol. The van der Waals surface area contributed by atoms with Crippen LogP contribution in [0.2, 0.25) is 5.02 Å². The second kappa shape index (κ2) is 11.3. The zero-order valence-electron chi connectivity index (χ0n) is 24.8. The monoisotopic (exact) mass is 639 g/mol. The number of allylic oxidation sites excluding steroid dienone is 4. The SMILES string of the molecule is CCCN1C2=C(C(=O)CC(C)(C)C2)C(c2cc(Br)c(OCc3ccccc3Cl)c(OC)c2)C2=C1CC(C)(C)CC2=O. The third-order valence-electron chi connectivity index (χ3n) is 8.38. The molecule has 2 aromatic rings.